The molecule has 0 aliphatic carbocycles. The van der Waals surface area contributed by atoms with Gasteiger partial charge in [-0.2, -0.15) is 0 Å². The molecular formula is C11H16N2O3S. The molecule has 0 bridgehead atoms. The van der Waals surface area contributed by atoms with E-state index in [4.69, 9.17) is 4.42 Å². The summed E-state index contributed by atoms with van der Waals surface area (Å²) in [5.41, 5.74) is 0.801. The molecule has 0 radical (unpaired) electrons. The molecule has 0 spiro atoms. The second-order valence-electron chi connectivity index (χ2n) is 4.86. The summed E-state index contributed by atoms with van der Waals surface area (Å²) in [5, 5.41) is 3.32. The Labute approximate surface area is 101 Å². The van der Waals surface area contributed by atoms with Crippen LogP contribution in [-0.2, 0) is 9.84 Å². The van der Waals surface area contributed by atoms with E-state index in [1.54, 1.807) is 6.26 Å². The van der Waals surface area contributed by atoms with E-state index >= 15 is 0 Å². The number of hydrogen-bond donors (Lipinski definition) is 1. The Morgan fingerprint density at radius 2 is 2.29 bits per heavy atom. The summed E-state index contributed by atoms with van der Waals surface area (Å²) in [5.74, 6) is 1.24. The zero-order valence-electron chi connectivity index (χ0n) is 9.55. The summed E-state index contributed by atoms with van der Waals surface area (Å²) in [4.78, 5) is 4.45. The van der Waals surface area contributed by atoms with Crippen molar-refractivity contribution in [2.75, 3.05) is 18.1 Å². The van der Waals surface area contributed by atoms with Gasteiger partial charge in [-0.3, -0.25) is 0 Å². The summed E-state index contributed by atoms with van der Waals surface area (Å²) in [7, 11) is -2.85. The van der Waals surface area contributed by atoms with E-state index < -0.39 is 9.84 Å². The van der Waals surface area contributed by atoms with Crippen LogP contribution >= 0.6 is 0 Å². The minimum Gasteiger partial charge on any atom is -0.447 e. The highest BCUT2D eigenvalue weighted by Gasteiger charge is 2.32. The van der Waals surface area contributed by atoms with Crippen molar-refractivity contribution in [1.82, 2.24) is 10.3 Å². The Kier molecular flexibility index (Phi) is 2.71. The van der Waals surface area contributed by atoms with Crippen LogP contribution in [0.3, 0.4) is 0 Å². The van der Waals surface area contributed by atoms with Crippen LogP contribution in [0.2, 0.25) is 0 Å². The van der Waals surface area contributed by atoms with Gasteiger partial charge in [0.05, 0.1) is 23.2 Å². The van der Waals surface area contributed by atoms with Crippen LogP contribution in [0.1, 0.15) is 42.8 Å². The Hall–Kier alpha value is -0.880. The lowest BCUT2D eigenvalue weighted by molar-refractivity contribution is 0.429. The van der Waals surface area contributed by atoms with Crippen LogP contribution in [0.15, 0.2) is 10.7 Å². The minimum atomic E-state index is -2.85. The van der Waals surface area contributed by atoms with Crippen molar-refractivity contribution >= 4 is 9.84 Å². The van der Waals surface area contributed by atoms with Crippen LogP contribution in [0, 0.1) is 0 Å². The van der Waals surface area contributed by atoms with Crippen molar-refractivity contribution in [3.63, 3.8) is 0 Å². The maximum absolute atomic E-state index is 11.4. The molecule has 2 unspecified atom stereocenters. The molecule has 2 aliphatic rings. The number of rotatable bonds is 2. The highest BCUT2D eigenvalue weighted by Crippen LogP contribution is 2.30. The van der Waals surface area contributed by atoms with Crippen molar-refractivity contribution < 1.29 is 12.8 Å². The predicted octanol–water partition coefficient (Wildman–Crippen LogP) is 1.00. The average Bonchev–Trinajstić information content (AvgIpc) is 2.93. The van der Waals surface area contributed by atoms with Crippen molar-refractivity contribution in [2.45, 2.75) is 31.2 Å². The molecule has 2 saturated heterocycles. The molecule has 2 aliphatic heterocycles. The quantitative estimate of drug-likeness (QED) is 0.854. The number of nitrogens with one attached hydrogen (secondary N) is 1. The fraction of sp³-hybridized carbons (Fsp3) is 0.727. The van der Waals surface area contributed by atoms with Crippen LogP contribution in [0.25, 0.3) is 0 Å². The molecular weight excluding hydrogens is 240 g/mol. The Bertz CT molecular complexity index is 503. The zero-order valence-corrected chi connectivity index (χ0v) is 10.4. The summed E-state index contributed by atoms with van der Waals surface area (Å²) < 4.78 is 28.3. The van der Waals surface area contributed by atoms with E-state index in [0.29, 0.717) is 12.3 Å². The lowest BCUT2D eigenvalue weighted by atomic mass is 10.1. The van der Waals surface area contributed by atoms with Gasteiger partial charge in [0.2, 0.25) is 5.89 Å². The Morgan fingerprint density at radius 3 is 2.94 bits per heavy atom. The summed E-state index contributed by atoms with van der Waals surface area (Å²) in [6.07, 6.45) is 4.48. The Morgan fingerprint density at radius 1 is 1.41 bits per heavy atom. The van der Waals surface area contributed by atoms with Crippen LogP contribution in [0.4, 0.5) is 0 Å². The normalized spacial score (nSPS) is 32.0. The first-order chi connectivity index (χ1) is 8.14. The van der Waals surface area contributed by atoms with Gasteiger partial charge in [0.1, 0.15) is 6.26 Å². The number of nitrogens with zero attached hydrogens (tertiary/aromatic N) is 1. The van der Waals surface area contributed by atoms with Crippen molar-refractivity contribution in [1.29, 1.82) is 0 Å². The molecule has 5 nitrogen and oxygen atoms in total. The zero-order chi connectivity index (χ0) is 11.9. The molecule has 3 rings (SSSR count). The molecule has 1 aromatic heterocycles. The first kappa shape index (κ1) is 11.2. The van der Waals surface area contributed by atoms with Gasteiger partial charge in [-0.05, 0) is 25.8 Å². The summed E-state index contributed by atoms with van der Waals surface area (Å²) >= 11 is 0. The van der Waals surface area contributed by atoms with Gasteiger partial charge in [-0.1, -0.05) is 0 Å². The standard InChI is InChI=1S/C11H16N2O3S/c14-17(15)5-3-8(7-17)10-6-16-11(13-10)9-2-1-4-12-9/h6,8-9,12H,1-5,7H2. The monoisotopic (exact) mass is 256 g/mol. The lowest BCUT2D eigenvalue weighted by Crippen LogP contribution is -2.13. The second kappa shape index (κ2) is 4.10. The lowest BCUT2D eigenvalue weighted by Gasteiger charge is -2.04. The highest BCUT2D eigenvalue weighted by molar-refractivity contribution is 7.91. The van der Waals surface area contributed by atoms with Crippen LogP contribution in [0.5, 0.6) is 0 Å². The Balaban J connectivity index is 1.76. The van der Waals surface area contributed by atoms with Gasteiger partial charge in [0, 0.05) is 5.92 Å². The molecule has 2 atom stereocenters. The fourth-order valence-corrected chi connectivity index (χ4v) is 4.33. The number of aromatic nitrogens is 1. The van der Waals surface area contributed by atoms with E-state index in [0.717, 1.165) is 25.1 Å². The summed E-state index contributed by atoms with van der Waals surface area (Å²) in [6, 6.07) is 0.210. The van der Waals surface area contributed by atoms with E-state index in [1.807, 2.05) is 0 Å². The molecule has 0 saturated carbocycles. The van der Waals surface area contributed by atoms with Gasteiger partial charge < -0.3 is 9.73 Å². The summed E-state index contributed by atoms with van der Waals surface area (Å²) in [6.45, 7) is 1.00. The molecule has 2 fully saturated rings. The molecule has 3 heterocycles. The first-order valence-electron chi connectivity index (χ1n) is 6.03. The van der Waals surface area contributed by atoms with E-state index in [9.17, 15) is 8.42 Å². The third-order valence-electron chi connectivity index (χ3n) is 3.55. The van der Waals surface area contributed by atoms with Gasteiger partial charge in [-0.25, -0.2) is 13.4 Å². The van der Waals surface area contributed by atoms with Crippen LogP contribution < -0.4 is 5.32 Å². The van der Waals surface area contributed by atoms with Crippen molar-refractivity contribution in [2.24, 2.45) is 0 Å². The number of hydrogen-bond acceptors (Lipinski definition) is 5. The largest absolute Gasteiger partial charge is 0.447 e. The van der Waals surface area contributed by atoms with Crippen molar-refractivity contribution in [3.05, 3.63) is 17.8 Å². The van der Waals surface area contributed by atoms with Crippen molar-refractivity contribution in [3.8, 4) is 0 Å². The predicted molar refractivity (Wildman–Crippen MR) is 62.5 cm³/mol. The van der Waals surface area contributed by atoms with Gasteiger partial charge in [-0.15, -0.1) is 0 Å². The molecule has 1 aromatic rings. The molecule has 1 N–H and O–H groups in total. The smallest absolute Gasteiger partial charge is 0.211 e. The van der Waals surface area contributed by atoms with E-state index in [-0.39, 0.29) is 23.5 Å². The van der Waals surface area contributed by atoms with Gasteiger partial charge in [0.15, 0.2) is 9.84 Å². The van der Waals surface area contributed by atoms with Gasteiger partial charge in [0.25, 0.3) is 0 Å². The molecule has 6 heteroatoms. The molecule has 0 aromatic carbocycles. The SMILES string of the molecule is O=S1(=O)CCC(c2coc(C3CCCN3)n2)C1. The molecule has 17 heavy (non-hydrogen) atoms. The molecule has 0 amide bonds. The van der Waals surface area contributed by atoms with E-state index in [1.165, 1.54) is 0 Å². The van der Waals surface area contributed by atoms with Gasteiger partial charge >= 0.3 is 0 Å². The maximum atomic E-state index is 11.4. The van der Waals surface area contributed by atoms with Crippen LogP contribution in [-0.4, -0.2) is 31.5 Å². The molecule has 94 valence electrons. The second-order valence-corrected chi connectivity index (χ2v) is 7.09. The minimum absolute atomic E-state index is 0.0268. The third-order valence-corrected chi connectivity index (χ3v) is 5.32. The highest BCUT2D eigenvalue weighted by atomic mass is 32.2. The first-order valence-corrected chi connectivity index (χ1v) is 7.85. The average molecular weight is 256 g/mol. The topological polar surface area (TPSA) is 72.2 Å². The van der Waals surface area contributed by atoms with E-state index in [2.05, 4.69) is 10.3 Å². The third kappa shape index (κ3) is 2.24. The number of sulfone groups is 1. The maximum Gasteiger partial charge on any atom is 0.211 e. The number of oxazole rings is 1. The fourth-order valence-electron chi connectivity index (χ4n) is 2.57.